The zero-order valence-corrected chi connectivity index (χ0v) is 9.15. The monoisotopic (exact) mass is 222 g/mol. The third kappa shape index (κ3) is 6.78. The standard InChI is InChI=1S/C8H19BrN2/c1-3-11(4-2)8-7-10-6-5-9/h10H,3-8H2,1-2H3. The summed E-state index contributed by atoms with van der Waals surface area (Å²) < 4.78 is 0. The maximum Gasteiger partial charge on any atom is 0.0157 e. The van der Waals surface area contributed by atoms with E-state index < -0.39 is 0 Å². The first-order valence-electron chi connectivity index (χ1n) is 4.34. The molecule has 0 saturated heterocycles. The van der Waals surface area contributed by atoms with Crippen LogP contribution in [0.25, 0.3) is 0 Å². The van der Waals surface area contributed by atoms with Crippen molar-refractivity contribution in [2.45, 2.75) is 13.8 Å². The predicted molar refractivity (Wildman–Crippen MR) is 54.5 cm³/mol. The average Bonchev–Trinajstić information content (AvgIpc) is 2.05. The molecule has 0 radical (unpaired) electrons. The Kier molecular flexibility index (Phi) is 8.81. The molecule has 0 aromatic carbocycles. The molecular weight excluding hydrogens is 204 g/mol. The van der Waals surface area contributed by atoms with Crippen LogP contribution in [0.3, 0.4) is 0 Å². The van der Waals surface area contributed by atoms with E-state index in [-0.39, 0.29) is 0 Å². The van der Waals surface area contributed by atoms with Gasteiger partial charge in [-0.25, -0.2) is 0 Å². The third-order valence-electron chi connectivity index (χ3n) is 1.77. The Morgan fingerprint density at radius 1 is 1.18 bits per heavy atom. The molecule has 0 fully saturated rings. The summed E-state index contributed by atoms with van der Waals surface area (Å²) in [4.78, 5) is 2.42. The van der Waals surface area contributed by atoms with Crippen molar-refractivity contribution in [2.75, 3.05) is 38.1 Å². The molecule has 0 atom stereocenters. The van der Waals surface area contributed by atoms with Crippen LogP contribution in [-0.4, -0.2) is 43.0 Å². The van der Waals surface area contributed by atoms with E-state index >= 15 is 0 Å². The van der Waals surface area contributed by atoms with Crippen molar-refractivity contribution >= 4 is 15.9 Å². The highest BCUT2D eigenvalue weighted by Crippen LogP contribution is 1.84. The summed E-state index contributed by atoms with van der Waals surface area (Å²) in [6.07, 6.45) is 0. The van der Waals surface area contributed by atoms with Crippen molar-refractivity contribution in [2.24, 2.45) is 0 Å². The number of nitrogens with zero attached hydrogens (tertiary/aromatic N) is 1. The van der Waals surface area contributed by atoms with Gasteiger partial charge in [-0.05, 0) is 13.1 Å². The number of likely N-dealkylation sites (N-methyl/N-ethyl adjacent to an activating group) is 1. The second-order valence-electron chi connectivity index (χ2n) is 2.47. The number of rotatable bonds is 7. The van der Waals surface area contributed by atoms with Gasteiger partial charge in [0.2, 0.25) is 0 Å². The first-order valence-corrected chi connectivity index (χ1v) is 5.46. The zero-order chi connectivity index (χ0) is 8.53. The maximum atomic E-state index is 3.37. The maximum absolute atomic E-state index is 3.37. The van der Waals surface area contributed by atoms with Crippen LogP contribution in [-0.2, 0) is 0 Å². The minimum Gasteiger partial charge on any atom is -0.315 e. The van der Waals surface area contributed by atoms with Crippen LogP contribution in [0.15, 0.2) is 0 Å². The minimum atomic E-state index is 1.05. The number of nitrogens with one attached hydrogen (secondary N) is 1. The van der Waals surface area contributed by atoms with Gasteiger partial charge in [-0.3, -0.25) is 0 Å². The fourth-order valence-electron chi connectivity index (χ4n) is 0.969. The van der Waals surface area contributed by atoms with Crippen LogP contribution < -0.4 is 5.32 Å². The number of alkyl halides is 1. The predicted octanol–water partition coefficient (Wildman–Crippen LogP) is 1.31. The Morgan fingerprint density at radius 2 is 1.82 bits per heavy atom. The van der Waals surface area contributed by atoms with Crippen molar-refractivity contribution in [1.82, 2.24) is 10.2 Å². The lowest BCUT2D eigenvalue weighted by Crippen LogP contribution is -2.32. The van der Waals surface area contributed by atoms with E-state index in [0.717, 1.165) is 31.5 Å². The summed E-state index contributed by atoms with van der Waals surface area (Å²) in [7, 11) is 0. The molecule has 0 rings (SSSR count). The van der Waals surface area contributed by atoms with Crippen LogP contribution in [0.2, 0.25) is 0 Å². The molecule has 11 heavy (non-hydrogen) atoms. The summed E-state index contributed by atoms with van der Waals surface area (Å²) in [5.74, 6) is 0. The van der Waals surface area contributed by atoms with Gasteiger partial charge < -0.3 is 10.2 Å². The van der Waals surface area contributed by atoms with Crippen molar-refractivity contribution in [3.05, 3.63) is 0 Å². The minimum absolute atomic E-state index is 1.05. The molecule has 68 valence electrons. The Labute approximate surface area is 78.5 Å². The molecule has 2 nitrogen and oxygen atoms in total. The Balaban J connectivity index is 3.07. The number of halogens is 1. The van der Waals surface area contributed by atoms with Gasteiger partial charge in [0.15, 0.2) is 0 Å². The largest absolute Gasteiger partial charge is 0.315 e. The van der Waals surface area contributed by atoms with E-state index in [0.29, 0.717) is 0 Å². The quantitative estimate of drug-likeness (QED) is 0.517. The average molecular weight is 223 g/mol. The fourth-order valence-corrected chi connectivity index (χ4v) is 1.25. The lowest BCUT2D eigenvalue weighted by Gasteiger charge is -2.17. The van der Waals surface area contributed by atoms with E-state index in [1.54, 1.807) is 0 Å². The highest BCUT2D eigenvalue weighted by atomic mass is 79.9. The van der Waals surface area contributed by atoms with Gasteiger partial charge in [-0.2, -0.15) is 0 Å². The number of hydrogen-bond donors (Lipinski definition) is 1. The molecule has 0 bridgehead atoms. The first-order chi connectivity index (χ1) is 5.35. The second kappa shape index (κ2) is 8.50. The fraction of sp³-hybridized carbons (Fsp3) is 1.00. The van der Waals surface area contributed by atoms with Crippen LogP contribution in [0.1, 0.15) is 13.8 Å². The SMILES string of the molecule is CCN(CC)CCNCCBr. The third-order valence-corrected chi connectivity index (χ3v) is 2.17. The van der Waals surface area contributed by atoms with E-state index in [9.17, 15) is 0 Å². The zero-order valence-electron chi connectivity index (χ0n) is 7.57. The highest BCUT2D eigenvalue weighted by Gasteiger charge is 1.95. The lowest BCUT2D eigenvalue weighted by atomic mass is 10.4. The van der Waals surface area contributed by atoms with E-state index in [4.69, 9.17) is 0 Å². The van der Waals surface area contributed by atoms with Gasteiger partial charge in [-0.1, -0.05) is 29.8 Å². The highest BCUT2D eigenvalue weighted by molar-refractivity contribution is 9.09. The van der Waals surface area contributed by atoms with Crippen LogP contribution in [0.4, 0.5) is 0 Å². The molecule has 0 aliphatic carbocycles. The Hall–Kier alpha value is 0.400. The Bertz CT molecular complexity index is 74.5. The summed E-state index contributed by atoms with van der Waals surface area (Å²) in [5, 5.41) is 4.39. The molecule has 0 aromatic heterocycles. The molecule has 0 spiro atoms. The van der Waals surface area contributed by atoms with Crippen molar-refractivity contribution in [3.8, 4) is 0 Å². The van der Waals surface area contributed by atoms with E-state index in [2.05, 4.69) is 40.0 Å². The molecule has 0 amide bonds. The van der Waals surface area contributed by atoms with Gasteiger partial charge in [0, 0.05) is 25.0 Å². The second-order valence-corrected chi connectivity index (χ2v) is 3.26. The Morgan fingerprint density at radius 3 is 2.27 bits per heavy atom. The smallest absolute Gasteiger partial charge is 0.0157 e. The molecule has 0 aliphatic heterocycles. The molecule has 0 aromatic rings. The molecule has 0 unspecified atom stereocenters. The summed E-state index contributed by atoms with van der Waals surface area (Å²) in [6, 6.07) is 0. The van der Waals surface area contributed by atoms with Crippen LogP contribution in [0.5, 0.6) is 0 Å². The normalized spacial score (nSPS) is 10.9. The topological polar surface area (TPSA) is 15.3 Å². The van der Waals surface area contributed by atoms with E-state index in [1.165, 1.54) is 6.54 Å². The van der Waals surface area contributed by atoms with Crippen LogP contribution in [0, 0.1) is 0 Å². The van der Waals surface area contributed by atoms with Gasteiger partial charge in [0.1, 0.15) is 0 Å². The molecule has 0 heterocycles. The summed E-state index contributed by atoms with van der Waals surface area (Å²) >= 11 is 3.37. The van der Waals surface area contributed by atoms with Crippen molar-refractivity contribution in [1.29, 1.82) is 0 Å². The van der Waals surface area contributed by atoms with Gasteiger partial charge >= 0.3 is 0 Å². The van der Waals surface area contributed by atoms with Gasteiger partial charge in [0.25, 0.3) is 0 Å². The first kappa shape index (κ1) is 11.4. The number of hydrogen-bond acceptors (Lipinski definition) is 2. The molecule has 0 aliphatic rings. The molecular formula is C8H19BrN2. The van der Waals surface area contributed by atoms with Crippen molar-refractivity contribution in [3.63, 3.8) is 0 Å². The molecule has 0 saturated carbocycles. The molecule has 3 heteroatoms. The summed E-state index contributed by atoms with van der Waals surface area (Å²) in [5.41, 5.74) is 0. The van der Waals surface area contributed by atoms with Crippen molar-refractivity contribution < 1.29 is 0 Å². The van der Waals surface area contributed by atoms with Gasteiger partial charge in [-0.15, -0.1) is 0 Å². The summed E-state index contributed by atoms with van der Waals surface area (Å²) in [6.45, 7) is 10.1. The van der Waals surface area contributed by atoms with Crippen LogP contribution >= 0.6 is 15.9 Å². The molecule has 1 N–H and O–H groups in total. The lowest BCUT2D eigenvalue weighted by molar-refractivity contribution is 0.303. The van der Waals surface area contributed by atoms with Gasteiger partial charge in [0.05, 0.1) is 0 Å². The van der Waals surface area contributed by atoms with E-state index in [1.807, 2.05) is 0 Å².